The summed E-state index contributed by atoms with van der Waals surface area (Å²) in [6.07, 6.45) is -13.2. The van der Waals surface area contributed by atoms with Crippen LogP contribution in [0.15, 0.2) is 0 Å². The Morgan fingerprint density at radius 2 is 1.61 bits per heavy atom. The third kappa shape index (κ3) is 3.36. The van der Waals surface area contributed by atoms with Crippen molar-refractivity contribution in [1.29, 1.82) is 0 Å². The van der Waals surface area contributed by atoms with Gasteiger partial charge < -0.3 is 55.1 Å². The van der Waals surface area contributed by atoms with Gasteiger partial charge in [-0.15, -0.1) is 0 Å². The highest BCUT2D eigenvalue weighted by atomic mass is 16.8. The van der Waals surface area contributed by atoms with Crippen LogP contribution in [-0.4, -0.2) is 115 Å². The van der Waals surface area contributed by atoms with Crippen molar-refractivity contribution in [3.05, 3.63) is 0 Å². The molecule has 136 valence electrons. The zero-order chi connectivity index (χ0) is 17.4. The summed E-state index contributed by atoms with van der Waals surface area (Å²) in [5.74, 6) is -2.65. The Labute approximate surface area is 130 Å². The lowest BCUT2D eigenvalue weighted by molar-refractivity contribution is -0.418. The van der Waals surface area contributed by atoms with Crippen LogP contribution >= 0.6 is 0 Å². The number of ether oxygens (including phenoxy) is 3. The van der Waals surface area contributed by atoms with Crippen LogP contribution in [0.25, 0.3) is 0 Å². The van der Waals surface area contributed by atoms with Crippen LogP contribution < -0.4 is 0 Å². The van der Waals surface area contributed by atoms with Crippen LogP contribution in [0.2, 0.25) is 0 Å². The van der Waals surface area contributed by atoms with E-state index >= 15 is 0 Å². The van der Waals surface area contributed by atoms with Gasteiger partial charge in [0.15, 0.2) is 6.29 Å². The zero-order valence-corrected chi connectivity index (χ0v) is 12.0. The molecular weight excluding hydrogens is 320 g/mol. The van der Waals surface area contributed by atoms with E-state index in [4.69, 9.17) is 19.3 Å². The molecule has 2 heterocycles. The molecule has 0 aliphatic carbocycles. The largest absolute Gasteiger partial charge is 0.394 e. The van der Waals surface area contributed by atoms with E-state index < -0.39 is 68.0 Å². The Balaban J connectivity index is 2.20. The molecule has 1 unspecified atom stereocenters. The molecule has 2 rings (SSSR count). The van der Waals surface area contributed by atoms with Gasteiger partial charge in [-0.1, -0.05) is 0 Å². The van der Waals surface area contributed by atoms with Crippen molar-refractivity contribution in [3.8, 4) is 0 Å². The number of rotatable bonds is 4. The van der Waals surface area contributed by atoms with Crippen LogP contribution in [0.5, 0.6) is 0 Å². The minimum atomic E-state index is -2.65. The maximum absolute atomic E-state index is 10.4. The van der Waals surface area contributed by atoms with E-state index in [2.05, 4.69) is 0 Å². The standard InChI is InChI=1S/C12H22O11/c13-1-5-7(16)8(17)9(18)11(22-5)23-12(20)6(2-14)21-3-4(15)10(12)19/h4-11,13-20H,1-3H2/t4-,5+,6+,7+,8-,9+,10+,11?,12+/m0/s1. The van der Waals surface area contributed by atoms with Crippen LogP contribution in [-0.2, 0) is 14.2 Å². The fourth-order valence-electron chi connectivity index (χ4n) is 2.57. The molecule has 0 aromatic carbocycles. The Hall–Kier alpha value is -0.440. The van der Waals surface area contributed by atoms with Crippen molar-refractivity contribution in [2.24, 2.45) is 0 Å². The van der Waals surface area contributed by atoms with E-state index in [1.165, 1.54) is 0 Å². The molecule has 0 amide bonds. The van der Waals surface area contributed by atoms with Gasteiger partial charge in [0.1, 0.15) is 42.7 Å². The second kappa shape index (κ2) is 7.21. The molecule has 8 N–H and O–H groups in total. The predicted octanol–water partition coefficient (Wildman–Crippen LogP) is -5.40. The first kappa shape index (κ1) is 18.9. The first-order valence-corrected chi connectivity index (χ1v) is 7.05. The quantitative estimate of drug-likeness (QED) is 0.228. The summed E-state index contributed by atoms with van der Waals surface area (Å²) in [4.78, 5) is 0. The third-order valence-corrected chi connectivity index (χ3v) is 4.04. The molecular formula is C12H22O11. The van der Waals surface area contributed by atoms with Gasteiger partial charge in [0.05, 0.1) is 19.8 Å². The van der Waals surface area contributed by atoms with E-state index in [-0.39, 0.29) is 6.61 Å². The summed E-state index contributed by atoms with van der Waals surface area (Å²) in [6, 6.07) is 0. The molecule has 2 aliphatic rings. The molecule has 23 heavy (non-hydrogen) atoms. The Morgan fingerprint density at radius 3 is 2.17 bits per heavy atom. The van der Waals surface area contributed by atoms with Gasteiger partial charge in [-0.25, -0.2) is 0 Å². The monoisotopic (exact) mass is 342 g/mol. The topological polar surface area (TPSA) is 190 Å². The number of hydrogen-bond acceptors (Lipinski definition) is 11. The maximum Gasteiger partial charge on any atom is 0.226 e. The van der Waals surface area contributed by atoms with Crippen molar-refractivity contribution in [2.45, 2.75) is 54.8 Å². The van der Waals surface area contributed by atoms with Crippen LogP contribution in [0.1, 0.15) is 0 Å². The molecule has 2 fully saturated rings. The number of aliphatic hydroxyl groups is 8. The van der Waals surface area contributed by atoms with Gasteiger partial charge in [-0.2, -0.15) is 0 Å². The first-order chi connectivity index (χ1) is 10.8. The highest BCUT2D eigenvalue weighted by Crippen LogP contribution is 2.32. The highest BCUT2D eigenvalue weighted by Gasteiger charge is 2.56. The SMILES string of the molecule is OC[C@H]1OC(O[C@@]2(O)[C@H](O)[C@@H](O)CO[C@@H]2CO)[C@H](O)[C@@H](O)[C@@H]1O. The summed E-state index contributed by atoms with van der Waals surface area (Å²) >= 11 is 0. The average Bonchev–Trinajstić information content (AvgIpc) is 2.53. The molecule has 0 radical (unpaired) electrons. The van der Waals surface area contributed by atoms with Crippen LogP contribution in [0.4, 0.5) is 0 Å². The van der Waals surface area contributed by atoms with Gasteiger partial charge in [0.25, 0.3) is 0 Å². The second-order valence-electron chi connectivity index (χ2n) is 5.58. The summed E-state index contributed by atoms with van der Waals surface area (Å²) in [5, 5.41) is 77.5. The van der Waals surface area contributed by atoms with Gasteiger partial charge in [0.2, 0.25) is 5.79 Å². The van der Waals surface area contributed by atoms with E-state index in [9.17, 15) is 35.7 Å². The Morgan fingerprint density at radius 1 is 0.957 bits per heavy atom. The number of hydrogen-bond donors (Lipinski definition) is 8. The third-order valence-electron chi connectivity index (χ3n) is 4.04. The van der Waals surface area contributed by atoms with Crippen LogP contribution in [0.3, 0.4) is 0 Å². The molecule has 0 saturated carbocycles. The molecule has 2 aliphatic heterocycles. The Kier molecular flexibility index (Phi) is 5.92. The highest BCUT2D eigenvalue weighted by molar-refractivity contribution is 4.96. The Bertz CT molecular complexity index is 389. The maximum atomic E-state index is 10.4. The van der Waals surface area contributed by atoms with Crippen molar-refractivity contribution in [1.82, 2.24) is 0 Å². The molecule has 9 atom stereocenters. The molecule has 11 nitrogen and oxygen atoms in total. The van der Waals surface area contributed by atoms with Crippen molar-refractivity contribution < 1.29 is 55.1 Å². The summed E-state index contributed by atoms with van der Waals surface area (Å²) < 4.78 is 15.1. The lowest BCUT2D eigenvalue weighted by Gasteiger charge is -2.48. The number of aliphatic hydroxyl groups excluding tert-OH is 7. The summed E-state index contributed by atoms with van der Waals surface area (Å²) in [6.45, 7) is -1.86. The minimum Gasteiger partial charge on any atom is -0.394 e. The van der Waals surface area contributed by atoms with Gasteiger partial charge >= 0.3 is 0 Å². The lowest BCUT2D eigenvalue weighted by atomic mass is 9.95. The molecule has 0 aromatic heterocycles. The molecule has 0 bridgehead atoms. The van der Waals surface area contributed by atoms with E-state index in [0.717, 1.165) is 0 Å². The fraction of sp³-hybridized carbons (Fsp3) is 1.00. The van der Waals surface area contributed by atoms with Gasteiger partial charge in [-0.05, 0) is 0 Å². The normalized spacial score (nSPS) is 51.7. The van der Waals surface area contributed by atoms with E-state index in [1.54, 1.807) is 0 Å². The lowest BCUT2D eigenvalue weighted by Crippen LogP contribution is -2.69. The first-order valence-electron chi connectivity index (χ1n) is 7.05. The molecule has 0 spiro atoms. The summed E-state index contributed by atoms with van der Waals surface area (Å²) in [5.41, 5.74) is 0. The molecule has 0 aromatic rings. The van der Waals surface area contributed by atoms with E-state index in [0.29, 0.717) is 0 Å². The van der Waals surface area contributed by atoms with Gasteiger partial charge in [0, 0.05) is 0 Å². The van der Waals surface area contributed by atoms with Crippen molar-refractivity contribution in [2.75, 3.05) is 19.8 Å². The summed E-state index contributed by atoms with van der Waals surface area (Å²) in [7, 11) is 0. The van der Waals surface area contributed by atoms with E-state index in [1.807, 2.05) is 0 Å². The second-order valence-corrected chi connectivity index (χ2v) is 5.58. The predicted molar refractivity (Wildman–Crippen MR) is 68.6 cm³/mol. The zero-order valence-electron chi connectivity index (χ0n) is 12.0. The van der Waals surface area contributed by atoms with Crippen LogP contribution in [0, 0.1) is 0 Å². The van der Waals surface area contributed by atoms with Crippen molar-refractivity contribution in [3.63, 3.8) is 0 Å². The minimum absolute atomic E-state index is 0.368. The smallest absolute Gasteiger partial charge is 0.226 e. The van der Waals surface area contributed by atoms with Gasteiger partial charge in [-0.3, -0.25) is 0 Å². The van der Waals surface area contributed by atoms with Crippen molar-refractivity contribution >= 4 is 0 Å². The molecule has 2 saturated heterocycles. The molecule has 11 heteroatoms. The average molecular weight is 342 g/mol. The fourth-order valence-corrected chi connectivity index (χ4v) is 2.57.